The zero-order valence-electron chi connectivity index (χ0n) is 16.8. The van der Waals surface area contributed by atoms with Gasteiger partial charge in [0.25, 0.3) is 5.91 Å². The van der Waals surface area contributed by atoms with Crippen LogP contribution in [0, 0.1) is 0 Å². The van der Waals surface area contributed by atoms with Gasteiger partial charge >= 0.3 is 0 Å². The molecule has 8 nitrogen and oxygen atoms in total. The summed E-state index contributed by atoms with van der Waals surface area (Å²) in [5, 5.41) is 2.65. The highest BCUT2D eigenvalue weighted by Crippen LogP contribution is 2.28. The van der Waals surface area contributed by atoms with Crippen LogP contribution in [0.3, 0.4) is 0 Å². The fraction of sp³-hybridized carbons (Fsp3) is 0.524. The summed E-state index contributed by atoms with van der Waals surface area (Å²) < 4.78 is 5.65. The molecule has 8 heteroatoms. The first-order valence-corrected chi connectivity index (χ1v) is 10.1. The quantitative estimate of drug-likeness (QED) is 0.706. The van der Waals surface area contributed by atoms with Gasteiger partial charge in [-0.05, 0) is 43.5 Å². The number of carbonyl (C=O) groups excluding carboxylic acids is 4. The number of anilines is 2. The second-order valence-electron chi connectivity index (χ2n) is 7.45. The Morgan fingerprint density at radius 2 is 1.97 bits per heavy atom. The molecule has 0 aromatic heterocycles. The largest absolute Gasteiger partial charge is 0.376 e. The van der Waals surface area contributed by atoms with Gasteiger partial charge in [0, 0.05) is 32.2 Å². The molecule has 0 saturated carbocycles. The summed E-state index contributed by atoms with van der Waals surface area (Å²) in [5.74, 6) is -1.07. The molecule has 3 rings (SSSR count). The van der Waals surface area contributed by atoms with Crippen LogP contribution in [-0.2, 0) is 23.9 Å². The Labute approximate surface area is 170 Å². The van der Waals surface area contributed by atoms with Crippen LogP contribution in [0.15, 0.2) is 24.3 Å². The molecule has 0 radical (unpaired) electrons. The Hall–Kier alpha value is -2.74. The molecule has 4 amide bonds. The Kier molecular flexibility index (Phi) is 6.64. The Morgan fingerprint density at radius 1 is 1.24 bits per heavy atom. The van der Waals surface area contributed by atoms with Crippen molar-refractivity contribution in [3.63, 3.8) is 0 Å². The molecule has 1 aromatic carbocycles. The normalized spacial score (nSPS) is 21.5. The number of nitrogens with one attached hydrogen (secondary N) is 1. The standard InChI is InChI=1S/C21H27N3O5/c1-3-5-19(26)23(13-17-6-4-11-29-17)18-12-20(27)24(21(18)28)16-9-7-15(8-10-16)22-14(2)25/h7-10,17-18H,3-6,11-13H2,1-2H3,(H,22,25). The molecule has 2 aliphatic heterocycles. The molecular weight excluding hydrogens is 374 g/mol. The van der Waals surface area contributed by atoms with E-state index in [1.807, 2.05) is 6.92 Å². The van der Waals surface area contributed by atoms with Crippen molar-refractivity contribution in [1.29, 1.82) is 0 Å². The van der Waals surface area contributed by atoms with E-state index < -0.39 is 11.9 Å². The van der Waals surface area contributed by atoms with Crippen LogP contribution in [0.4, 0.5) is 11.4 Å². The molecule has 1 N–H and O–H groups in total. The lowest BCUT2D eigenvalue weighted by Gasteiger charge is -2.29. The van der Waals surface area contributed by atoms with Crippen molar-refractivity contribution in [2.24, 2.45) is 0 Å². The molecule has 2 unspecified atom stereocenters. The average Bonchev–Trinajstić information content (AvgIpc) is 3.28. The fourth-order valence-corrected chi connectivity index (χ4v) is 3.80. The highest BCUT2D eigenvalue weighted by atomic mass is 16.5. The molecule has 1 aromatic rings. The molecular formula is C21H27N3O5. The van der Waals surface area contributed by atoms with Crippen molar-refractivity contribution in [2.75, 3.05) is 23.4 Å². The molecule has 2 heterocycles. The van der Waals surface area contributed by atoms with Crippen LogP contribution < -0.4 is 10.2 Å². The molecule has 0 spiro atoms. The van der Waals surface area contributed by atoms with E-state index in [1.54, 1.807) is 24.3 Å². The third-order valence-corrected chi connectivity index (χ3v) is 5.15. The van der Waals surface area contributed by atoms with Crippen LogP contribution in [0.25, 0.3) is 0 Å². The minimum absolute atomic E-state index is 0.0333. The van der Waals surface area contributed by atoms with Gasteiger partial charge in [-0.15, -0.1) is 0 Å². The summed E-state index contributed by atoms with van der Waals surface area (Å²) in [4.78, 5) is 52.3. The minimum Gasteiger partial charge on any atom is -0.376 e. The first-order valence-electron chi connectivity index (χ1n) is 10.1. The van der Waals surface area contributed by atoms with Gasteiger partial charge in [-0.25, -0.2) is 4.90 Å². The molecule has 2 fully saturated rings. The smallest absolute Gasteiger partial charge is 0.257 e. The highest BCUT2D eigenvalue weighted by molar-refractivity contribution is 6.23. The number of carbonyl (C=O) groups is 4. The van der Waals surface area contributed by atoms with Gasteiger partial charge in [0.15, 0.2) is 0 Å². The van der Waals surface area contributed by atoms with Crippen LogP contribution >= 0.6 is 0 Å². The van der Waals surface area contributed by atoms with Crippen LogP contribution in [0.1, 0.15) is 46.0 Å². The van der Waals surface area contributed by atoms with Crippen molar-refractivity contribution in [3.8, 4) is 0 Å². The van der Waals surface area contributed by atoms with E-state index in [9.17, 15) is 19.2 Å². The SMILES string of the molecule is CCCC(=O)N(CC1CCCO1)C1CC(=O)N(c2ccc(NC(C)=O)cc2)C1=O. The number of hydrogen-bond donors (Lipinski definition) is 1. The number of benzene rings is 1. The topological polar surface area (TPSA) is 96.0 Å². The lowest BCUT2D eigenvalue weighted by Crippen LogP contribution is -2.48. The number of nitrogens with zero attached hydrogens (tertiary/aromatic N) is 2. The van der Waals surface area contributed by atoms with Crippen LogP contribution in [-0.4, -0.2) is 53.8 Å². The maximum atomic E-state index is 13.1. The monoisotopic (exact) mass is 401 g/mol. The Balaban J connectivity index is 1.79. The average molecular weight is 401 g/mol. The summed E-state index contributed by atoms with van der Waals surface area (Å²) in [7, 11) is 0. The van der Waals surface area contributed by atoms with E-state index in [0.29, 0.717) is 37.4 Å². The van der Waals surface area contributed by atoms with Gasteiger partial charge in [0.05, 0.1) is 18.2 Å². The number of rotatable bonds is 7. The second kappa shape index (κ2) is 9.17. The predicted octanol–water partition coefficient (Wildman–Crippen LogP) is 2.08. The molecule has 156 valence electrons. The summed E-state index contributed by atoms with van der Waals surface area (Å²) in [6.07, 6.45) is 2.66. The van der Waals surface area contributed by atoms with Gasteiger partial charge in [-0.2, -0.15) is 0 Å². The second-order valence-corrected chi connectivity index (χ2v) is 7.45. The molecule has 0 aliphatic carbocycles. The maximum Gasteiger partial charge on any atom is 0.257 e. The van der Waals surface area contributed by atoms with E-state index in [-0.39, 0.29) is 30.2 Å². The van der Waals surface area contributed by atoms with Crippen molar-refractivity contribution in [2.45, 2.75) is 58.1 Å². The van der Waals surface area contributed by atoms with Crippen molar-refractivity contribution < 1.29 is 23.9 Å². The van der Waals surface area contributed by atoms with Gasteiger partial charge in [0.2, 0.25) is 17.7 Å². The molecule has 0 bridgehead atoms. The van der Waals surface area contributed by atoms with Crippen molar-refractivity contribution in [3.05, 3.63) is 24.3 Å². The van der Waals surface area contributed by atoms with E-state index >= 15 is 0 Å². The van der Waals surface area contributed by atoms with Gasteiger partial charge in [-0.1, -0.05) is 6.92 Å². The molecule has 29 heavy (non-hydrogen) atoms. The first kappa shape index (κ1) is 21.0. The summed E-state index contributed by atoms with van der Waals surface area (Å²) in [5.41, 5.74) is 1.01. The van der Waals surface area contributed by atoms with Crippen molar-refractivity contribution >= 4 is 35.0 Å². The third-order valence-electron chi connectivity index (χ3n) is 5.15. The first-order chi connectivity index (χ1) is 13.9. The van der Waals surface area contributed by atoms with E-state index in [2.05, 4.69) is 5.32 Å². The number of amides is 4. The van der Waals surface area contributed by atoms with E-state index in [0.717, 1.165) is 17.7 Å². The number of ether oxygens (including phenoxy) is 1. The van der Waals surface area contributed by atoms with Gasteiger partial charge < -0.3 is 15.0 Å². The fourth-order valence-electron chi connectivity index (χ4n) is 3.80. The minimum atomic E-state index is -0.805. The van der Waals surface area contributed by atoms with E-state index in [1.165, 1.54) is 11.8 Å². The van der Waals surface area contributed by atoms with Crippen LogP contribution in [0.2, 0.25) is 0 Å². The zero-order chi connectivity index (χ0) is 21.0. The number of imide groups is 1. The van der Waals surface area contributed by atoms with Gasteiger partial charge in [-0.3, -0.25) is 19.2 Å². The predicted molar refractivity (Wildman–Crippen MR) is 107 cm³/mol. The molecule has 2 saturated heterocycles. The lowest BCUT2D eigenvalue weighted by molar-refractivity contribution is -0.140. The van der Waals surface area contributed by atoms with E-state index in [4.69, 9.17) is 4.74 Å². The summed E-state index contributed by atoms with van der Waals surface area (Å²) in [6, 6.07) is 5.69. The molecule has 2 atom stereocenters. The Morgan fingerprint density at radius 3 is 2.55 bits per heavy atom. The lowest BCUT2D eigenvalue weighted by atomic mass is 10.1. The maximum absolute atomic E-state index is 13.1. The zero-order valence-corrected chi connectivity index (χ0v) is 16.8. The third kappa shape index (κ3) is 4.82. The highest BCUT2D eigenvalue weighted by Gasteiger charge is 2.44. The summed E-state index contributed by atoms with van der Waals surface area (Å²) >= 11 is 0. The molecule has 2 aliphatic rings. The summed E-state index contributed by atoms with van der Waals surface area (Å²) in [6.45, 7) is 4.30. The van der Waals surface area contributed by atoms with Crippen molar-refractivity contribution in [1.82, 2.24) is 4.90 Å². The van der Waals surface area contributed by atoms with Crippen LogP contribution in [0.5, 0.6) is 0 Å². The van der Waals surface area contributed by atoms with Gasteiger partial charge in [0.1, 0.15) is 6.04 Å². The number of hydrogen-bond acceptors (Lipinski definition) is 5. The Bertz CT molecular complexity index is 786.